The van der Waals surface area contributed by atoms with Crippen molar-refractivity contribution in [3.8, 4) is 11.5 Å². The molecule has 0 saturated carbocycles. The van der Waals surface area contributed by atoms with Crippen molar-refractivity contribution in [3.63, 3.8) is 0 Å². The van der Waals surface area contributed by atoms with E-state index in [0.717, 1.165) is 33.8 Å². The number of amides is 1. The number of benzene rings is 2. The van der Waals surface area contributed by atoms with Gasteiger partial charge in [0.25, 0.3) is 5.91 Å². The van der Waals surface area contributed by atoms with Crippen molar-refractivity contribution in [1.29, 1.82) is 0 Å². The lowest BCUT2D eigenvalue weighted by Gasteiger charge is -2.18. The molecule has 4 nitrogen and oxygen atoms in total. The molecule has 134 valence electrons. The molecule has 0 aliphatic heterocycles. The first-order chi connectivity index (χ1) is 11.9. The van der Waals surface area contributed by atoms with E-state index in [1.165, 1.54) is 0 Å². The molecule has 25 heavy (non-hydrogen) atoms. The van der Waals surface area contributed by atoms with Gasteiger partial charge in [-0.2, -0.15) is 0 Å². The van der Waals surface area contributed by atoms with E-state index < -0.39 is 6.10 Å². The van der Waals surface area contributed by atoms with E-state index in [1.54, 1.807) is 6.92 Å². The summed E-state index contributed by atoms with van der Waals surface area (Å²) in [7, 11) is 0. The molecule has 0 radical (unpaired) electrons. The van der Waals surface area contributed by atoms with Crippen LogP contribution < -0.4 is 14.8 Å². The Morgan fingerprint density at radius 3 is 2.56 bits per heavy atom. The summed E-state index contributed by atoms with van der Waals surface area (Å²) in [5, 5.41) is 2.92. The van der Waals surface area contributed by atoms with Crippen molar-refractivity contribution in [2.24, 2.45) is 0 Å². The summed E-state index contributed by atoms with van der Waals surface area (Å²) < 4.78 is 11.5. The molecule has 2 aromatic rings. The van der Waals surface area contributed by atoms with Crippen LogP contribution in [0, 0.1) is 20.8 Å². The summed E-state index contributed by atoms with van der Waals surface area (Å²) in [5.41, 5.74) is 4.30. The molecule has 0 unspecified atom stereocenters. The lowest BCUT2D eigenvalue weighted by atomic mass is 10.1. The number of para-hydroxylation sites is 1. The second kappa shape index (κ2) is 8.56. The number of rotatable bonds is 7. The molecule has 2 aromatic carbocycles. The Labute approximate surface area is 150 Å². The molecule has 1 N–H and O–H groups in total. The largest absolute Gasteiger partial charge is 0.494 e. The predicted molar refractivity (Wildman–Crippen MR) is 100 cm³/mol. The van der Waals surface area contributed by atoms with Crippen LogP contribution in [-0.4, -0.2) is 18.6 Å². The van der Waals surface area contributed by atoms with Crippen LogP contribution in [-0.2, 0) is 11.3 Å². The molecule has 0 aliphatic rings. The number of hydrogen-bond acceptors (Lipinski definition) is 3. The molecule has 0 spiro atoms. The first-order valence-electron chi connectivity index (χ1n) is 8.65. The predicted octanol–water partition coefficient (Wildman–Crippen LogP) is 4.09. The molecule has 0 fully saturated rings. The molecule has 0 saturated heterocycles. The summed E-state index contributed by atoms with van der Waals surface area (Å²) in [6, 6.07) is 11.8. The maximum Gasteiger partial charge on any atom is 0.261 e. The third kappa shape index (κ3) is 4.99. The fraction of sp³-hybridized carbons (Fsp3) is 0.381. The number of aryl methyl sites for hydroxylation is 2. The fourth-order valence-corrected chi connectivity index (χ4v) is 2.64. The van der Waals surface area contributed by atoms with Crippen LogP contribution in [0.25, 0.3) is 0 Å². The molecule has 0 heterocycles. The van der Waals surface area contributed by atoms with Crippen molar-refractivity contribution in [3.05, 3.63) is 58.7 Å². The molecule has 1 atom stereocenters. The number of ether oxygens (including phenoxy) is 2. The molecular weight excluding hydrogens is 314 g/mol. The molecule has 1 amide bonds. The van der Waals surface area contributed by atoms with Gasteiger partial charge in [0.05, 0.1) is 6.61 Å². The van der Waals surface area contributed by atoms with Crippen LogP contribution in [0.5, 0.6) is 11.5 Å². The van der Waals surface area contributed by atoms with E-state index in [4.69, 9.17) is 9.47 Å². The summed E-state index contributed by atoms with van der Waals surface area (Å²) in [6.45, 7) is 10.8. The van der Waals surface area contributed by atoms with Gasteiger partial charge >= 0.3 is 0 Å². The Bertz CT molecular complexity index is 740. The van der Waals surface area contributed by atoms with Crippen LogP contribution in [0.15, 0.2) is 36.4 Å². The molecule has 2 rings (SSSR count). The van der Waals surface area contributed by atoms with Crippen molar-refractivity contribution < 1.29 is 14.3 Å². The zero-order valence-electron chi connectivity index (χ0n) is 15.7. The first kappa shape index (κ1) is 18.8. The van der Waals surface area contributed by atoms with Crippen LogP contribution in [0.2, 0.25) is 0 Å². The van der Waals surface area contributed by atoms with Crippen LogP contribution in [0.1, 0.15) is 36.1 Å². The number of carbonyl (C=O) groups is 1. The van der Waals surface area contributed by atoms with Gasteiger partial charge in [-0.1, -0.05) is 24.3 Å². The number of nitrogens with one attached hydrogen (secondary N) is 1. The third-order valence-electron chi connectivity index (χ3n) is 4.16. The Morgan fingerprint density at radius 1 is 1.12 bits per heavy atom. The topological polar surface area (TPSA) is 47.6 Å². The van der Waals surface area contributed by atoms with Gasteiger partial charge in [-0.25, -0.2) is 0 Å². The number of hydrogen-bond donors (Lipinski definition) is 1. The number of carbonyl (C=O) groups excluding carboxylic acids is 1. The monoisotopic (exact) mass is 341 g/mol. The van der Waals surface area contributed by atoms with Gasteiger partial charge in [0.15, 0.2) is 6.10 Å². The Hall–Kier alpha value is -2.49. The maximum absolute atomic E-state index is 12.4. The van der Waals surface area contributed by atoms with E-state index in [0.29, 0.717) is 13.2 Å². The van der Waals surface area contributed by atoms with Gasteiger partial charge in [0, 0.05) is 12.1 Å². The van der Waals surface area contributed by atoms with E-state index in [2.05, 4.69) is 11.4 Å². The van der Waals surface area contributed by atoms with E-state index in [9.17, 15) is 4.79 Å². The van der Waals surface area contributed by atoms with Gasteiger partial charge in [-0.3, -0.25) is 4.79 Å². The molecular formula is C21H27NO3. The minimum absolute atomic E-state index is 0.148. The van der Waals surface area contributed by atoms with Crippen molar-refractivity contribution >= 4 is 5.91 Å². The second-order valence-corrected chi connectivity index (χ2v) is 6.22. The normalized spacial score (nSPS) is 11.7. The van der Waals surface area contributed by atoms with Crippen LogP contribution >= 0.6 is 0 Å². The molecule has 0 bridgehead atoms. The van der Waals surface area contributed by atoms with Gasteiger partial charge in [-0.05, 0) is 63.4 Å². The second-order valence-electron chi connectivity index (χ2n) is 6.22. The molecule has 0 aromatic heterocycles. The quantitative estimate of drug-likeness (QED) is 0.825. The van der Waals surface area contributed by atoms with Crippen LogP contribution in [0.3, 0.4) is 0 Å². The minimum Gasteiger partial charge on any atom is -0.494 e. The highest BCUT2D eigenvalue weighted by Gasteiger charge is 2.17. The van der Waals surface area contributed by atoms with Crippen molar-refractivity contribution in [1.82, 2.24) is 5.32 Å². The fourth-order valence-electron chi connectivity index (χ4n) is 2.64. The minimum atomic E-state index is -0.570. The van der Waals surface area contributed by atoms with Crippen LogP contribution in [0.4, 0.5) is 0 Å². The Balaban J connectivity index is 2.00. The van der Waals surface area contributed by atoms with Gasteiger partial charge < -0.3 is 14.8 Å². The highest BCUT2D eigenvalue weighted by molar-refractivity contribution is 5.80. The molecule has 0 aliphatic carbocycles. The Kier molecular flexibility index (Phi) is 6.45. The van der Waals surface area contributed by atoms with Gasteiger partial charge in [-0.15, -0.1) is 0 Å². The van der Waals surface area contributed by atoms with Crippen molar-refractivity contribution in [2.75, 3.05) is 6.61 Å². The van der Waals surface area contributed by atoms with E-state index in [1.807, 2.05) is 58.0 Å². The summed E-state index contributed by atoms with van der Waals surface area (Å²) in [4.78, 5) is 12.4. The highest BCUT2D eigenvalue weighted by atomic mass is 16.5. The van der Waals surface area contributed by atoms with E-state index in [-0.39, 0.29) is 5.91 Å². The summed E-state index contributed by atoms with van der Waals surface area (Å²) in [5.74, 6) is 1.41. The average Bonchev–Trinajstić information content (AvgIpc) is 2.58. The highest BCUT2D eigenvalue weighted by Crippen LogP contribution is 2.24. The Morgan fingerprint density at radius 2 is 1.84 bits per heavy atom. The summed E-state index contributed by atoms with van der Waals surface area (Å²) in [6.07, 6.45) is -0.570. The molecule has 4 heteroatoms. The average molecular weight is 341 g/mol. The smallest absolute Gasteiger partial charge is 0.261 e. The third-order valence-corrected chi connectivity index (χ3v) is 4.16. The SMILES string of the molecule is CCOc1ccccc1CNC(=O)[C@H](C)Oc1cc(C)cc(C)c1C. The lowest BCUT2D eigenvalue weighted by molar-refractivity contribution is -0.127. The first-order valence-corrected chi connectivity index (χ1v) is 8.65. The van der Waals surface area contributed by atoms with Gasteiger partial charge in [0.1, 0.15) is 11.5 Å². The maximum atomic E-state index is 12.4. The standard InChI is InChI=1S/C21H27NO3/c1-6-24-19-10-8-7-9-18(19)13-22-21(23)17(5)25-20-12-14(2)11-15(3)16(20)4/h7-12,17H,6,13H2,1-5H3,(H,22,23)/t17-/m0/s1. The zero-order valence-corrected chi connectivity index (χ0v) is 15.7. The zero-order chi connectivity index (χ0) is 18.4. The van der Waals surface area contributed by atoms with E-state index >= 15 is 0 Å². The summed E-state index contributed by atoms with van der Waals surface area (Å²) >= 11 is 0. The van der Waals surface area contributed by atoms with Crippen molar-refractivity contribution in [2.45, 2.75) is 47.3 Å². The van der Waals surface area contributed by atoms with Gasteiger partial charge in [0.2, 0.25) is 0 Å². The lowest BCUT2D eigenvalue weighted by Crippen LogP contribution is -2.36.